The molecule has 0 aromatic heterocycles. The van der Waals surface area contributed by atoms with Gasteiger partial charge in [0.2, 0.25) is 0 Å². The first-order valence-electron chi connectivity index (χ1n) is 4.55. The van der Waals surface area contributed by atoms with Crippen LogP contribution in [0.15, 0.2) is 12.2 Å². The summed E-state index contributed by atoms with van der Waals surface area (Å²) in [6, 6.07) is 0. The largest absolute Gasteiger partial charge is 0.299 e. The van der Waals surface area contributed by atoms with E-state index in [-0.39, 0.29) is 0 Å². The van der Waals surface area contributed by atoms with E-state index in [9.17, 15) is 4.79 Å². The normalized spacial score (nSPS) is 39.8. The predicted molar refractivity (Wildman–Crippen MR) is 44.2 cm³/mol. The first-order valence-corrected chi connectivity index (χ1v) is 4.55. The molecular formula is C10H14O. The number of ketones is 1. The van der Waals surface area contributed by atoms with Crippen molar-refractivity contribution in [3.8, 4) is 0 Å². The number of allylic oxidation sites excluding steroid dienone is 2. The second-order valence-electron chi connectivity index (χ2n) is 3.66. The Morgan fingerprint density at radius 2 is 1.91 bits per heavy atom. The lowest BCUT2D eigenvalue weighted by Gasteiger charge is -2.35. The van der Waals surface area contributed by atoms with Crippen LogP contribution in [0.2, 0.25) is 0 Å². The number of Topliss-reactive ketones (excluding diaryl/α,β-unsaturated/α-hetero) is 1. The standard InChI is InChI=1S/C10H14O/c11-10-7-8-5-3-1-2-4-6-9(8)10/h1-2,8-9H,3-7H2/b2-1-. The number of hydrogen-bond acceptors (Lipinski definition) is 1. The van der Waals surface area contributed by atoms with Crippen molar-refractivity contribution >= 4 is 5.78 Å². The minimum Gasteiger partial charge on any atom is -0.299 e. The van der Waals surface area contributed by atoms with Crippen LogP contribution in [0.3, 0.4) is 0 Å². The third-order valence-electron chi connectivity index (χ3n) is 2.96. The van der Waals surface area contributed by atoms with Gasteiger partial charge >= 0.3 is 0 Å². The van der Waals surface area contributed by atoms with E-state index >= 15 is 0 Å². The number of carbonyl (C=O) groups excluding carboxylic acids is 1. The molecule has 1 saturated carbocycles. The van der Waals surface area contributed by atoms with Crippen LogP contribution in [-0.4, -0.2) is 5.78 Å². The Kier molecular flexibility index (Phi) is 1.80. The van der Waals surface area contributed by atoms with Crippen LogP contribution in [0.25, 0.3) is 0 Å². The molecule has 0 bridgehead atoms. The van der Waals surface area contributed by atoms with Crippen LogP contribution >= 0.6 is 0 Å². The number of rotatable bonds is 0. The van der Waals surface area contributed by atoms with Gasteiger partial charge in [0.05, 0.1) is 0 Å². The summed E-state index contributed by atoms with van der Waals surface area (Å²) in [6.45, 7) is 0. The lowest BCUT2D eigenvalue weighted by Crippen LogP contribution is -2.37. The molecule has 0 heterocycles. The fraction of sp³-hybridized carbons (Fsp3) is 0.700. The van der Waals surface area contributed by atoms with Gasteiger partial charge < -0.3 is 0 Å². The SMILES string of the molecule is O=C1CC2CC/C=C\CCC12. The molecule has 0 saturated heterocycles. The Morgan fingerprint density at radius 3 is 2.64 bits per heavy atom. The first-order chi connectivity index (χ1) is 5.38. The van der Waals surface area contributed by atoms with Gasteiger partial charge in [0.25, 0.3) is 0 Å². The molecule has 2 atom stereocenters. The van der Waals surface area contributed by atoms with Gasteiger partial charge in [-0.25, -0.2) is 0 Å². The van der Waals surface area contributed by atoms with Gasteiger partial charge in [0, 0.05) is 12.3 Å². The van der Waals surface area contributed by atoms with E-state index in [0.29, 0.717) is 11.7 Å². The average Bonchev–Trinajstić information content (AvgIpc) is 1.96. The third-order valence-corrected chi connectivity index (χ3v) is 2.96. The number of carbonyl (C=O) groups is 1. The smallest absolute Gasteiger partial charge is 0.136 e. The summed E-state index contributed by atoms with van der Waals surface area (Å²) in [7, 11) is 0. The molecule has 0 spiro atoms. The monoisotopic (exact) mass is 150 g/mol. The van der Waals surface area contributed by atoms with Crippen molar-refractivity contribution in [2.45, 2.75) is 32.1 Å². The maximum Gasteiger partial charge on any atom is 0.136 e. The van der Waals surface area contributed by atoms with Gasteiger partial charge in [-0.2, -0.15) is 0 Å². The van der Waals surface area contributed by atoms with E-state index in [2.05, 4.69) is 12.2 Å². The summed E-state index contributed by atoms with van der Waals surface area (Å²) in [5.41, 5.74) is 0. The van der Waals surface area contributed by atoms with Crippen molar-refractivity contribution < 1.29 is 4.79 Å². The molecule has 2 aliphatic carbocycles. The van der Waals surface area contributed by atoms with Crippen molar-refractivity contribution in [2.24, 2.45) is 11.8 Å². The molecule has 0 amide bonds. The topological polar surface area (TPSA) is 17.1 Å². The van der Waals surface area contributed by atoms with E-state index < -0.39 is 0 Å². The van der Waals surface area contributed by atoms with Crippen molar-refractivity contribution in [3.05, 3.63) is 12.2 Å². The molecule has 2 rings (SSSR count). The highest BCUT2D eigenvalue weighted by Crippen LogP contribution is 2.38. The second-order valence-corrected chi connectivity index (χ2v) is 3.66. The summed E-state index contributed by atoms with van der Waals surface area (Å²) >= 11 is 0. The van der Waals surface area contributed by atoms with Crippen LogP contribution in [0.1, 0.15) is 32.1 Å². The minimum absolute atomic E-state index is 0.444. The third kappa shape index (κ3) is 1.24. The average molecular weight is 150 g/mol. The summed E-state index contributed by atoms with van der Waals surface area (Å²) < 4.78 is 0. The van der Waals surface area contributed by atoms with Crippen LogP contribution in [0.4, 0.5) is 0 Å². The van der Waals surface area contributed by atoms with E-state index in [1.54, 1.807) is 0 Å². The molecule has 11 heavy (non-hydrogen) atoms. The fourth-order valence-corrected chi connectivity index (χ4v) is 2.18. The molecule has 0 aromatic carbocycles. The van der Waals surface area contributed by atoms with Crippen molar-refractivity contribution in [1.29, 1.82) is 0 Å². The van der Waals surface area contributed by atoms with E-state index in [0.717, 1.165) is 25.2 Å². The molecule has 2 aliphatic rings. The zero-order chi connectivity index (χ0) is 7.68. The Balaban J connectivity index is 2.00. The van der Waals surface area contributed by atoms with E-state index in [1.807, 2.05) is 0 Å². The quantitative estimate of drug-likeness (QED) is 0.484. The molecular weight excluding hydrogens is 136 g/mol. The van der Waals surface area contributed by atoms with Gasteiger partial charge in [-0.15, -0.1) is 0 Å². The summed E-state index contributed by atoms with van der Waals surface area (Å²) in [5, 5.41) is 0. The van der Waals surface area contributed by atoms with Crippen LogP contribution in [0.5, 0.6) is 0 Å². The second kappa shape index (κ2) is 2.80. The Labute approximate surface area is 67.5 Å². The number of hydrogen-bond donors (Lipinski definition) is 0. The molecule has 1 fully saturated rings. The molecule has 1 heteroatoms. The highest BCUT2D eigenvalue weighted by molar-refractivity contribution is 5.87. The van der Waals surface area contributed by atoms with Crippen LogP contribution in [-0.2, 0) is 4.79 Å². The summed E-state index contributed by atoms with van der Waals surface area (Å²) in [6.07, 6.45) is 10.0. The molecule has 60 valence electrons. The molecule has 0 aliphatic heterocycles. The Hall–Kier alpha value is -0.590. The zero-order valence-corrected chi connectivity index (χ0v) is 6.75. The van der Waals surface area contributed by atoms with Crippen molar-refractivity contribution in [3.63, 3.8) is 0 Å². The van der Waals surface area contributed by atoms with Gasteiger partial charge in [-0.05, 0) is 31.6 Å². The molecule has 0 N–H and O–H groups in total. The predicted octanol–water partition coefficient (Wildman–Crippen LogP) is 2.32. The molecule has 1 nitrogen and oxygen atoms in total. The Bertz CT molecular complexity index is 193. The summed E-state index contributed by atoms with van der Waals surface area (Å²) in [4.78, 5) is 11.1. The maximum atomic E-state index is 11.1. The van der Waals surface area contributed by atoms with Gasteiger partial charge in [0.1, 0.15) is 5.78 Å². The first kappa shape index (κ1) is 7.08. The Morgan fingerprint density at radius 1 is 1.18 bits per heavy atom. The number of fused-ring (bicyclic) bond motifs is 1. The van der Waals surface area contributed by atoms with E-state index in [4.69, 9.17) is 0 Å². The zero-order valence-electron chi connectivity index (χ0n) is 6.75. The lowest BCUT2D eigenvalue weighted by atomic mass is 9.67. The highest BCUT2D eigenvalue weighted by atomic mass is 16.1. The molecule has 2 unspecified atom stereocenters. The lowest BCUT2D eigenvalue weighted by molar-refractivity contribution is -0.134. The van der Waals surface area contributed by atoms with Crippen LogP contribution < -0.4 is 0 Å². The van der Waals surface area contributed by atoms with Gasteiger partial charge in [0.15, 0.2) is 0 Å². The summed E-state index contributed by atoms with van der Waals surface area (Å²) in [5.74, 6) is 1.71. The highest BCUT2D eigenvalue weighted by Gasteiger charge is 2.38. The van der Waals surface area contributed by atoms with Crippen molar-refractivity contribution in [2.75, 3.05) is 0 Å². The van der Waals surface area contributed by atoms with E-state index in [1.165, 1.54) is 12.8 Å². The minimum atomic E-state index is 0.444. The maximum absolute atomic E-state index is 11.1. The fourth-order valence-electron chi connectivity index (χ4n) is 2.18. The van der Waals surface area contributed by atoms with Crippen LogP contribution in [0, 0.1) is 11.8 Å². The molecule has 0 aromatic rings. The van der Waals surface area contributed by atoms with Gasteiger partial charge in [-0.1, -0.05) is 12.2 Å². The van der Waals surface area contributed by atoms with Crippen molar-refractivity contribution in [1.82, 2.24) is 0 Å². The van der Waals surface area contributed by atoms with Gasteiger partial charge in [-0.3, -0.25) is 4.79 Å². The molecule has 0 radical (unpaired) electrons.